The number of benzene rings is 2. The van der Waals surface area contributed by atoms with E-state index in [0.29, 0.717) is 5.01 Å². The second-order valence-corrected chi connectivity index (χ2v) is 8.52. The zero-order valence-corrected chi connectivity index (χ0v) is 18.3. The lowest BCUT2D eigenvalue weighted by atomic mass is 10.0. The van der Waals surface area contributed by atoms with Crippen LogP contribution >= 0.6 is 11.3 Å². The molecule has 1 unspecified atom stereocenters. The van der Waals surface area contributed by atoms with Crippen LogP contribution in [0.2, 0.25) is 0 Å². The Balaban J connectivity index is 1.72. The Bertz CT molecular complexity index is 1130. The maximum Gasteiger partial charge on any atom is 0.416 e. The highest BCUT2D eigenvalue weighted by Gasteiger charge is 2.31. The van der Waals surface area contributed by atoms with Gasteiger partial charge in [-0.15, -0.1) is 10.2 Å². The van der Waals surface area contributed by atoms with E-state index >= 15 is 0 Å². The second kappa shape index (κ2) is 9.47. The summed E-state index contributed by atoms with van der Waals surface area (Å²) in [6, 6.07) is 10.7. The molecule has 32 heavy (non-hydrogen) atoms. The highest BCUT2D eigenvalue weighted by Crippen LogP contribution is 2.30. The number of aryl methyl sites for hydroxylation is 1. The van der Waals surface area contributed by atoms with Crippen molar-refractivity contribution in [3.05, 3.63) is 65.2 Å². The van der Waals surface area contributed by atoms with Crippen LogP contribution in [0.3, 0.4) is 0 Å². The Labute approximate surface area is 186 Å². The number of rotatable bonds is 6. The molecule has 168 valence electrons. The van der Waals surface area contributed by atoms with Gasteiger partial charge in [-0.3, -0.25) is 14.9 Å². The van der Waals surface area contributed by atoms with E-state index in [1.165, 1.54) is 17.4 Å². The molecular weight excluding hydrogens is 441 g/mol. The molecule has 1 heterocycles. The molecule has 0 aliphatic rings. The number of halogens is 3. The lowest BCUT2D eigenvalue weighted by Crippen LogP contribution is -2.47. The van der Waals surface area contributed by atoms with E-state index in [1.54, 1.807) is 13.8 Å². The summed E-state index contributed by atoms with van der Waals surface area (Å²) in [6.45, 7) is 5.39. The Morgan fingerprint density at radius 1 is 1.03 bits per heavy atom. The first kappa shape index (κ1) is 23.4. The molecule has 1 aromatic heterocycles. The molecule has 0 saturated heterocycles. The lowest BCUT2D eigenvalue weighted by Gasteiger charge is -2.21. The predicted octanol–water partition coefficient (Wildman–Crippen LogP) is 4.93. The molecule has 0 saturated carbocycles. The first-order valence-corrected chi connectivity index (χ1v) is 10.6. The van der Waals surface area contributed by atoms with Crippen LogP contribution in [0.15, 0.2) is 48.5 Å². The second-order valence-electron chi connectivity index (χ2n) is 7.54. The Kier molecular flexibility index (Phi) is 6.93. The Hall–Kier alpha value is -3.27. The summed E-state index contributed by atoms with van der Waals surface area (Å²) in [5, 5.41) is 14.1. The normalized spacial score (nSPS) is 12.5. The highest BCUT2D eigenvalue weighted by atomic mass is 32.1. The van der Waals surface area contributed by atoms with E-state index in [2.05, 4.69) is 20.8 Å². The van der Waals surface area contributed by atoms with Gasteiger partial charge in [0.2, 0.25) is 11.0 Å². The summed E-state index contributed by atoms with van der Waals surface area (Å²) in [5.74, 6) is -1.64. The molecule has 0 aliphatic carbocycles. The van der Waals surface area contributed by atoms with E-state index in [-0.39, 0.29) is 16.6 Å². The number of carbonyl (C=O) groups excluding carboxylic acids is 2. The van der Waals surface area contributed by atoms with Crippen molar-refractivity contribution in [2.75, 3.05) is 5.32 Å². The van der Waals surface area contributed by atoms with Gasteiger partial charge in [-0.25, -0.2) is 0 Å². The molecule has 2 N–H and O–H groups in total. The molecule has 6 nitrogen and oxygen atoms in total. The molecule has 3 aromatic rings. The fourth-order valence-electron chi connectivity index (χ4n) is 2.95. The van der Waals surface area contributed by atoms with Crippen LogP contribution in [0.4, 0.5) is 18.3 Å². The quantitative estimate of drug-likeness (QED) is 0.544. The average Bonchev–Trinajstić information content (AvgIpc) is 3.19. The van der Waals surface area contributed by atoms with Crippen LogP contribution in [0.1, 0.15) is 35.3 Å². The van der Waals surface area contributed by atoms with Crippen LogP contribution in [0, 0.1) is 12.8 Å². The van der Waals surface area contributed by atoms with Crippen molar-refractivity contribution in [3.8, 4) is 10.6 Å². The average molecular weight is 462 g/mol. The van der Waals surface area contributed by atoms with Crippen LogP contribution in [-0.4, -0.2) is 28.1 Å². The monoisotopic (exact) mass is 462 g/mol. The van der Waals surface area contributed by atoms with E-state index in [4.69, 9.17) is 0 Å². The fraction of sp³-hybridized carbons (Fsp3) is 0.273. The van der Waals surface area contributed by atoms with Crippen molar-refractivity contribution in [2.45, 2.75) is 33.0 Å². The number of amides is 2. The maximum absolute atomic E-state index is 12.9. The van der Waals surface area contributed by atoms with Gasteiger partial charge in [0.05, 0.1) is 5.56 Å². The molecule has 2 aromatic carbocycles. The van der Waals surface area contributed by atoms with Gasteiger partial charge in [-0.05, 0) is 37.1 Å². The predicted molar refractivity (Wildman–Crippen MR) is 116 cm³/mol. The minimum atomic E-state index is -4.57. The summed E-state index contributed by atoms with van der Waals surface area (Å²) in [7, 11) is 0. The summed E-state index contributed by atoms with van der Waals surface area (Å²) >= 11 is 1.18. The standard InChI is InChI=1S/C22H21F3N4O2S/c1-12(2)17(26-18(30)14-7-5-9-16(11-14)22(23,24)25)19(31)27-21-29-28-20(32-21)15-8-4-6-13(3)10-15/h4-12,17H,1-3H3,(H,26,30)(H,27,29,31). The third-order valence-electron chi connectivity index (χ3n) is 4.61. The third-order valence-corrected chi connectivity index (χ3v) is 5.50. The number of hydrogen-bond donors (Lipinski definition) is 2. The van der Waals surface area contributed by atoms with Gasteiger partial charge in [0.25, 0.3) is 5.91 Å². The fourth-order valence-corrected chi connectivity index (χ4v) is 3.69. The molecule has 10 heteroatoms. The minimum Gasteiger partial charge on any atom is -0.340 e. The zero-order chi connectivity index (χ0) is 23.5. The smallest absolute Gasteiger partial charge is 0.340 e. The number of nitrogens with zero attached hydrogens (tertiary/aromatic N) is 2. The molecule has 0 radical (unpaired) electrons. The maximum atomic E-state index is 12.9. The lowest BCUT2D eigenvalue weighted by molar-refractivity contribution is -0.137. The number of nitrogens with one attached hydrogen (secondary N) is 2. The van der Waals surface area contributed by atoms with E-state index < -0.39 is 29.6 Å². The van der Waals surface area contributed by atoms with Gasteiger partial charge >= 0.3 is 6.18 Å². The van der Waals surface area contributed by atoms with Crippen molar-refractivity contribution < 1.29 is 22.8 Å². The van der Waals surface area contributed by atoms with Crippen molar-refractivity contribution in [1.29, 1.82) is 0 Å². The number of alkyl halides is 3. The molecule has 0 aliphatic heterocycles. The first-order chi connectivity index (χ1) is 15.0. The molecule has 3 rings (SSSR count). The van der Waals surface area contributed by atoms with Crippen molar-refractivity contribution >= 4 is 28.3 Å². The zero-order valence-electron chi connectivity index (χ0n) is 17.5. The minimum absolute atomic E-state index is 0.184. The van der Waals surface area contributed by atoms with Crippen LogP contribution < -0.4 is 10.6 Å². The highest BCUT2D eigenvalue weighted by molar-refractivity contribution is 7.18. The van der Waals surface area contributed by atoms with E-state index in [0.717, 1.165) is 29.3 Å². The number of anilines is 1. The first-order valence-electron chi connectivity index (χ1n) is 9.74. The number of hydrogen-bond acceptors (Lipinski definition) is 5. The van der Waals surface area contributed by atoms with Crippen molar-refractivity contribution in [2.24, 2.45) is 5.92 Å². The van der Waals surface area contributed by atoms with E-state index in [1.807, 2.05) is 31.2 Å². The summed E-state index contributed by atoms with van der Waals surface area (Å²) in [5.41, 5.74) is 0.797. The molecule has 2 amide bonds. The summed E-state index contributed by atoms with van der Waals surface area (Å²) in [6.07, 6.45) is -4.57. The molecule has 0 fully saturated rings. The Morgan fingerprint density at radius 3 is 2.41 bits per heavy atom. The van der Waals surface area contributed by atoms with Gasteiger partial charge in [-0.2, -0.15) is 13.2 Å². The van der Waals surface area contributed by atoms with Crippen LogP contribution in [0.5, 0.6) is 0 Å². The molecule has 0 bridgehead atoms. The number of aromatic nitrogens is 2. The van der Waals surface area contributed by atoms with Gasteiger partial charge in [0, 0.05) is 11.1 Å². The molecule has 1 atom stereocenters. The van der Waals surface area contributed by atoms with Gasteiger partial charge in [0.15, 0.2) is 0 Å². The number of carbonyl (C=O) groups is 2. The van der Waals surface area contributed by atoms with Crippen LogP contribution in [-0.2, 0) is 11.0 Å². The van der Waals surface area contributed by atoms with Crippen molar-refractivity contribution in [1.82, 2.24) is 15.5 Å². The van der Waals surface area contributed by atoms with E-state index in [9.17, 15) is 22.8 Å². The van der Waals surface area contributed by atoms with Crippen LogP contribution in [0.25, 0.3) is 10.6 Å². The van der Waals surface area contributed by atoms with Crippen molar-refractivity contribution in [3.63, 3.8) is 0 Å². The SMILES string of the molecule is Cc1cccc(-c2nnc(NC(=O)C(NC(=O)c3cccc(C(F)(F)F)c3)C(C)C)s2)c1. The summed E-state index contributed by atoms with van der Waals surface area (Å²) < 4.78 is 38.8. The van der Waals surface area contributed by atoms with Gasteiger partial charge < -0.3 is 5.32 Å². The largest absolute Gasteiger partial charge is 0.416 e. The summed E-state index contributed by atoms with van der Waals surface area (Å²) in [4.78, 5) is 25.3. The molecule has 0 spiro atoms. The van der Waals surface area contributed by atoms with Gasteiger partial charge in [-0.1, -0.05) is 55.0 Å². The van der Waals surface area contributed by atoms with Gasteiger partial charge in [0.1, 0.15) is 11.0 Å². The Morgan fingerprint density at radius 2 is 1.75 bits per heavy atom. The topological polar surface area (TPSA) is 84.0 Å². The molecular formula is C22H21F3N4O2S. The third kappa shape index (κ3) is 5.70.